The molecule has 2 nitrogen and oxygen atoms in total. The van der Waals surface area contributed by atoms with Crippen molar-refractivity contribution in [2.45, 2.75) is 58.2 Å². The summed E-state index contributed by atoms with van der Waals surface area (Å²) in [5.41, 5.74) is 0. The van der Waals surface area contributed by atoms with Gasteiger partial charge in [0.1, 0.15) is 0 Å². The Morgan fingerprint density at radius 1 is 1.56 bits per heavy atom. The van der Waals surface area contributed by atoms with Crippen LogP contribution in [0, 0.1) is 0 Å². The summed E-state index contributed by atoms with van der Waals surface area (Å²) in [4.78, 5) is 4.16. The second-order valence-electron chi connectivity index (χ2n) is 5.45. The molecular formula is C15H26N2S. The van der Waals surface area contributed by atoms with Gasteiger partial charge in [0.2, 0.25) is 0 Å². The van der Waals surface area contributed by atoms with E-state index in [9.17, 15) is 0 Å². The minimum atomic E-state index is 0.576. The summed E-state index contributed by atoms with van der Waals surface area (Å²) in [6, 6.07) is 6.42. The SMILES string of the molecule is CCCNC1CCN(C(C)c2cccs2)C(C)C1. The molecule has 0 amide bonds. The van der Waals surface area contributed by atoms with Gasteiger partial charge in [-0.2, -0.15) is 0 Å². The number of rotatable bonds is 5. The summed E-state index contributed by atoms with van der Waals surface area (Å²) in [6.07, 6.45) is 3.82. The molecule has 3 atom stereocenters. The summed E-state index contributed by atoms with van der Waals surface area (Å²) in [5, 5.41) is 5.86. The summed E-state index contributed by atoms with van der Waals surface area (Å²) >= 11 is 1.88. The third-order valence-corrected chi connectivity index (χ3v) is 5.11. The normalized spacial score (nSPS) is 27.3. The average Bonchev–Trinajstić information content (AvgIpc) is 2.89. The van der Waals surface area contributed by atoms with E-state index >= 15 is 0 Å². The van der Waals surface area contributed by atoms with Gasteiger partial charge < -0.3 is 5.32 Å². The molecule has 3 heteroatoms. The lowest BCUT2D eigenvalue weighted by Crippen LogP contribution is -2.48. The molecule has 0 aliphatic carbocycles. The maximum Gasteiger partial charge on any atom is 0.0416 e. The number of nitrogens with zero attached hydrogens (tertiary/aromatic N) is 1. The summed E-state index contributed by atoms with van der Waals surface area (Å²) in [7, 11) is 0. The fourth-order valence-electron chi connectivity index (χ4n) is 2.99. The van der Waals surface area contributed by atoms with Crippen LogP contribution < -0.4 is 5.32 Å². The zero-order valence-electron chi connectivity index (χ0n) is 11.9. The number of hydrogen-bond acceptors (Lipinski definition) is 3. The lowest BCUT2D eigenvalue weighted by molar-refractivity contribution is 0.0971. The van der Waals surface area contributed by atoms with Gasteiger partial charge in [0.15, 0.2) is 0 Å². The van der Waals surface area contributed by atoms with Crippen molar-refractivity contribution in [3.05, 3.63) is 22.4 Å². The molecule has 2 heterocycles. The zero-order chi connectivity index (χ0) is 13.0. The third kappa shape index (κ3) is 3.34. The van der Waals surface area contributed by atoms with Crippen molar-refractivity contribution >= 4 is 11.3 Å². The molecule has 0 radical (unpaired) electrons. The Hall–Kier alpha value is -0.380. The van der Waals surface area contributed by atoms with Gasteiger partial charge in [0.05, 0.1) is 0 Å². The fourth-order valence-corrected chi connectivity index (χ4v) is 3.80. The van der Waals surface area contributed by atoms with Gasteiger partial charge in [-0.25, -0.2) is 0 Å². The molecule has 0 aromatic carbocycles. The van der Waals surface area contributed by atoms with Crippen molar-refractivity contribution in [3.63, 3.8) is 0 Å². The Bertz CT molecular complexity index is 336. The molecular weight excluding hydrogens is 240 g/mol. The maximum atomic E-state index is 3.67. The topological polar surface area (TPSA) is 15.3 Å². The molecule has 0 bridgehead atoms. The van der Waals surface area contributed by atoms with Crippen molar-refractivity contribution in [1.29, 1.82) is 0 Å². The number of piperidine rings is 1. The van der Waals surface area contributed by atoms with Crippen molar-refractivity contribution in [2.75, 3.05) is 13.1 Å². The lowest BCUT2D eigenvalue weighted by Gasteiger charge is -2.41. The van der Waals surface area contributed by atoms with Gasteiger partial charge >= 0.3 is 0 Å². The monoisotopic (exact) mass is 266 g/mol. The highest BCUT2D eigenvalue weighted by molar-refractivity contribution is 7.10. The molecule has 0 spiro atoms. The van der Waals surface area contributed by atoms with Crippen LogP contribution in [0.15, 0.2) is 17.5 Å². The molecule has 0 saturated carbocycles. The van der Waals surface area contributed by atoms with Gasteiger partial charge in [-0.05, 0) is 51.1 Å². The highest BCUT2D eigenvalue weighted by Crippen LogP contribution is 2.30. The van der Waals surface area contributed by atoms with Crippen LogP contribution in [-0.4, -0.2) is 30.1 Å². The molecule has 2 rings (SSSR count). The van der Waals surface area contributed by atoms with Crippen LogP contribution in [0.2, 0.25) is 0 Å². The molecule has 1 aliphatic rings. The van der Waals surface area contributed by atoms with E-state index in [1.54, 1.807) is 0 Å². The standard InChI is InChI=1S/C15H26N2S/c1-4-8-16-14-7-9-17(12(2)11-14)13(3)15-6-5-10-18-15/h5-6,10,12-14,16H,4,7-9,11H2,1-3H3. The first-order valence-electron chi connectivity index (χ1n) is 7.25. The van der Waals surface area contributed by atoms with Crippen molar-refractivity contribution in [2.24, 2.45) is 0 Å². The van der Waals surface area contributed by atoms with E-state index in [1.807, 2.05) is 11.3 Å². The van der Waals surface area contributed by atoms with Gasteiger partial charge in [0.25, 0.3) is 0 Å². The predicted octanol–water partition coefficient (Wildman–Crippen LogP) is 3.66. The minimum Gasteiger partial charge on any atom is -0.314 e. The molecule has 1 aromatic heterocycles. The van der Waals surface area contributed by atoms with E-state index in [1.165, 1.54) is 30.7 Å². The largest absolute Gasteiger partial charge is 0.314 e. The number of nitrogens with one attached hydrogen (secondary N) is 1. The Kier molecular flexibility index (Phi) is 5.22. The quantitative estimate of drug-likeness (QED) is 0.875. The summed E-state index contributed by atoms with van der Waals surface area (Å²) in [6.45, 7) is 9.36. The van der Waals surface area contributed by atoms with E-state index in [2.05, 4.69) is 48.5 Å². The zero-order valence-corrected chi connectivity index (χ0v) is 12.7. The second kappa shape index (κ2) is 6.69. The molecule has 102 valence electrons. The molecule has 1 fully saturated rings. The van der Waals surface area contributed by atoms with Crippen LogP contribution in [0.3, 0.4) is 0 Å². The van der Waals surface area contributed by atoms with E-state index in [4.69, 9.17) is 0 Å². The number of thiophene rings is 1. The second-order valence-corrected chi connectivity index (χ2v) is 6.43. The highest BCUT2D eigenvalue weighted by Gasteiger charge is 2.28. The smallest absolute Gasteiger partial charge is 0.0416 e. The average molecular weight is 266 g/mol. The van der Waals surface area contributed by atoms with Crippen molar-refractivity contribution in [1.82, 2.24) is 10.2 Å². The van der Waals surface area contributed by atoms with Crippen LogP contribution >= 0.6 is 11.3 Å². The summed E-state index contributed by atoms with van der Waals surface area (Å²) < 4.78 is 0. The molecule has 1 aromatic rings. The number of hydrogen-bond donors (Lipinski definition) is 1. The van der Waals surface area contributed by atoms with E-state index < -0.39 is 0 Å². The molecule has 3 unspecified atom stereocenters. The van der Waals surface area contributed by atoms with Gasteiger partial charge in [-0.1, -0.05) is 13.0 Å². The molecule has 1 aliphatic heterocycles. The van der Waals surface area contributed by atoms with Crippen LogP contribution in [0.4, 0.5) is 0 Å². The van der Waals surface area contributed by atoms with Crippen molar-refractivity contribution in [3.8, 4) is 0 Å². The van der Waals surface area contributed by atoms with Gasteiger partial charge in [0, 0.05) is 29.5 Å². The Morgan fingerprint density at radius 2 is 2.39 bits per heavy atom. The molecule has 1 saturated heterocycles. The van der Waals surface area contributed by atoms with E-state index in [-0.39, 0.29) is 0 Å². The predicted molar refractivity (Wildman–Crippen MR) is 80.2 cm³/mol. The fraction of sp³-hybridized carbons (Fsp3) is 0.733. The number of likely N-dealkylation sites (tertiary alicyclic amines) is 1. The first-order chi connectivity index (χ1) is 8.72. The van der Waals surface area contributed by atoms with E-state index in [0.29, 0.717) is 12.1 Å². The van der Waals surface area contributed by atoms with Crippen molar-refractivity contribution < 1.29 is 0 Å². The van der Waals surface area contributed by atoms with Gasteiger partial charge in [-0.3, -0.25) is 4.90 Å². The Morgan fingerprint density at radius 3 is 3.00 bits per heavy atom. The first kappa shape index (κ1) is 14.0. The molecule has 1 N–H and O–H groups in total. The summed E-state index contributed by atoms with van der Waals surface area (Å²) in [5.74, 6) is 0. The minimum absolute atomic E-state index is 0.576. The first-order valence-corrected chi connectivity index (χ1v) is 8.12. The van der Waals surface area contributed by atoms with Crippen LogP contribution in [-0.2, 0) is 0 Å². The highest BCUT2D eigenvalue weighted by atomic mass is 32.1. The van der Waals surface area contributed by atoms with Crippen LogP contribution in [0.5, 0.6) is 0 Å². The molecule has 18 heavy (non-hydrogen) atoms. The van der Waals surface area contributed by atoms with Crippen LogP contribution in [0.1, 0.15) is 51.0 Å². The Balaban J connectivity index is 1.89. The van der Waals surface area contributed by atoms with Gasteiger partial charge in [-0.15, -0.1) is 11.3 Å². The maximum absolute atomic E-state index is 3.67. The lowest BCUT2D eigenvalue weighted by atomic mass is 9.96. The third-order valence-electron chi connectivity index (χ3n) is 4.06. The van der Waals surface area contributed by atoms with E-state index in [0.717, 1.165) is 12.6 Å². The van der Waals surface area contributed by atoms with Crippen LogP contribution in [0.25, 0.3) is 0 Å². The Labute approximate surface area is 115 Å².